The van der Waals surface area contributed by atoms with Crippen LogP contribution in [0.3, 0.4) is 0 Å². The quantitative estimate of drug-likeness (QED) is 0.527. The van der Waals surface area contributed by atoms with Crippen molar-refractivity contribution in [3.8, 4) is 5.69 Å². The van der Waals surface area contributed by atoms with E-state index in [4.69, 9.17) is 0 Å². The number of sulfonamides is 1. The van der Waals surface area contributed by atoms with Crippen molar-refractivity contribution < 1.29 is 30.8 Å². The van der Waals surface area contributed by atoms with Crippen LogP contribution >= 0.6 is 0 Å². The van der Waals surface area contributed by atoms with Gasteiger partial charge in [-0.15, -0.1) is 0 Å². The van der Waals surface area contributed by atoms with Crippen molar-refractivity contribution >= 4 is 15.9 Å². The third-order valence-electron chi connectivity index (χ3n) is 5.41. The molecule has 12 heteroatoms. The van der Waals surface area contributed by atoms with Crippen LogP contribution in [0.4, 0.5) is 17.6 Å². The molecule has 1 aliphatic heterocycles. The highest BCUT2D eigenvalue weighted by atomic mass is 32.2. The van der Waals surface area contributed by atoms with Gasteiger partial charge in [-0.1, -0.05) is 12.1 Å². The van der Waals surface area contributed by atoms with Crippen molar-refractivity contribution in [2.45, 2.75) is 30.5 Å². The van der Waals surface area contributed by atoms with Crippen molar-refractivity contribution in [2.75, 3.05) is 13.1 Å². The largest absolute Gasteiger partial charge is 0.435 e. The van der Waals surface area contributed by atoms with E-state index in [0.717, 1.165) is 22.9 Å². The normalized spacial score (nSPS) is 14.9. The summed E-state index contributed by atoms with van der Waals surface area (Å²) in [6, 6.07) is 10.4. The van der Waals surface area contributed by atoms with Crippen LogP contribution in [-0.4, -0.2) is 41.5 Å². The highest BCUT2D eigenvalue weighted by Crippen LogP contribution is 2.28. The summed E-state index contributed by atoms with van der Waals surface area (Å²) in [7, 11) is -4.03. The molecule has 0 aliphatic carbocycles. The number of alkyl halides is 3. The zero-order valence-electron chi connectivity index (χ0n) is 17.7. The Kier molecular flexibility index (Phi) is 6.45. The van der Waals surface area contributed by atoms with Crippen LogP contribution in [0.1, 0.15) is 34.5 Å². The second-order valence-electron chi connectivity index (χ2n) is 7.75. The third kappa shape index (κ3) is 4.97. The molecule has 3 aromatic rings. The summed E-state index contributed by atoms with van der Waals surface area (Å²) in [6.07, 6.45) is -1.95. The Balaban J connectivity index is 1.43. The average Bonchev–Trinajstić information content (AvgIpc) is 3.50. The Bertz CT molecular complexity index is 1300. The van der Waals surface area contributed by atoms with E-state index in [0.29, 0.717) is 37.2 Å². The highest BCUT2D eigenvalue weighted by Gasteiger charge is 2.33. The lowest BCUT2D eigenvalue weighted by Crippen LogP contribution is -2.29. The number of hydrogen-bond donors (Lipinski definition) is 1. The molecule has 0 spiro atoms. The van der Waals surface area contributed by atoms with Crippen LogP contribution in [0.2, 0.25) is 0 Å². The molecule has 0 bridgehead atoms. The summed E-state index contributed by atoms with van der Waals surface area (Å²) in [4.78, 5) is 12.0. The SMILES string of the molecule is O=C(NCc1ccc(-n2ccc(C(F)(F)F)n2)cc1)c1ccc(F)c(S(=O)(=O)N2CCCC2)c1. The van der Waals surface area contributed by atoms with Gasteiger partial charge in [0.05, 0.1) is 5.69 Å². The van der Waals surface area contributed by atoms with Gasteiger partial charge in [-0.3, -0.25) is 4.79 Å². The number of carbonyl (C=O) groups is 1. The van der Waals surface area contributed by atoms with Gasteiger partial charge in [-0.25, -0.2) is 17.5 Å². The summed E-state index contributed by atoms with van der Waals surface area (Å²) in [6.45, 7) is 0.687. The average molecular weight is 496 g/mol. The van der Waals surface area contributed by atoms with Gasteiger partial charge in [0.1, 0.15) is 10.7 Å². The minimum Gasteiger partial charge on any atom is -0.348 e. The molecule has 2 heterocycles. The van der Waals surface area contributed by atoms with E-state index >= 15 is 0 Å². The number of nitrogens with one attached hydrogen (secondary N) is 1. The number of rotatable bonds is 6. The second kappa shape index (κ2) is 9.18. The van der Waals surface area contributed by atoms with Crippen LogP contribution in [0.5, 0.6) is 0 Å². The van der Waals surface area contributed by atoms with Crippen molar-refractivity contribution in [1.29, 1.82) is 0 Å². The Morgan fingerprint density at radius 1 is 1.03 bits per heavy atom. The maximum Gasteiger partial charge on any atom is 0.435 e. The van der Waals surface area contributed by atoms with Gasteiger partial charge in [-0.2, -0.15) is 22.6 Å². The molecule has 180 valence electrons. The summed E-state index contributed by atoms with van der Waals surface area (Å²) in [5, 5.41) is 6.12. The van der Waals surface area contributed by atoms with E-state index in [-0.39, 0.29) is 12.1 Å². The van der Waals surface area contributed by atoms with Crippen molar-refractivity contribution in [3.63, 3.8) is 0 Å². The van der Waals surface area contributed by atoms with Gasteiger partial charge in [0.2, 0.25) is 10.0 Å². The summed E-state index contributed by atoms with van der Waals surface area (Å²) >= 11 is 0. The molecule has 1 N–H and O–H groups in total. The maximum absolute atomic E-state index is 14.3. The predicted octanol–water partition coefficient (Wildman–Crippen LogP) is 3.74. The molecule has 1 fully saturated rings. The van der Waals surface area contributed by atoms with E-state index in [1.807, 2.05) is 0 Å². The van der Waals surface area contributed by atoms with Crippen LogP contribution in [0, 0.1) is 5.82 Å². The summed E-state index contributed by atoms with van der Waals surface area (Å²) < 4.78 is 80.1. The van der Waals surface area contributed by atoms with E-state index < -0.39 is 38.5 Å². The zero-order chi connectivity index (χ0) is 24.5. The first kappa shape index (κ1) is 23.9. The molecule has 1 aliphatic rings. The molecule has 4 rings (SSSR count). The van der Waals surface area contributed by atoms with Gasteiger partial charge in [0.15, 0.2) is 5.69 Å². The Morgan fingerprint density at radius 3 is 2.32 bits per heavy atom. The second-order valence-corrected chi connectivity index (χ2v) is 9.66. The Labute approximate surface area is 193 Å². The standard InChI is InChI=1S/C22H20F4N4O3S/c23-18-8-5-16(13-19(18)34(32,33)29-10-1-2-11-29)21(31)27-14-15-3-6-17(7-4-15)30-12-9-20(28-30)22(24,25)26/h3-9,12-13H,1-2,10-11,14H2,(H,27,31). The smallest absolute Gasteiger partial charge is 0.348 e. The van der Waals surface area contributed by atoms with E-state index in [1.54, 1.807) is 24.3 Å². The minimum atomic E-state index is -4.54. The maximum atomic E-state index is 14.3. The molecule has 2 aromatic carbocycles. The number of carbonyl (C=O) groups excluding carboxylic acids is 1. The lowest BCUT2D eigenvalue weighted by Gasteiger charge is -2.16. The highest BCUT2D eigenvalue weighted by molar-refractivity contribution is 7.89. The van der Waals surface area contributed by atoms with Gasteiger partial charge >= 0.3 is 6.18 Å². The number of amides is 1. The summed E-state index contributed by atoms with van der Waals surface area (Å²) in [5.74, 6) is -1.52. The van der Waals surface area contributed by atoms with E-state index in [2.05, 4.69) is 10.4 Å². The van der Waals surface area contributed by atoms with Crippen LogP contribution in [-0.2, 0) is 22.7 Å². The molecule has 0 radical (unpaired) electrons. The lowest BCUT2D eigenvalue weighted by atomic mass is 10.2. The molecule has 34 heavy (non-hydrogen) atoms. The first-order valence-corrected chi connectivity index (χ1v) is 11.8. The number of halogens is 4. The van der Waals surface area contributed by atoms with Gasteiger partial charge in [0.25, 0.3) is 5.91 Å². The molecule has 1 saturated heterocycles. The van der Waals surface area contributed by atoms with Gasteiger partial charge < -0.3 is 5.32 Å². The van der Waals surface area contributed by atoms with Gasteiger partial charge in [-0.05, 0) is 54.8 Å². The van der Waals surface area contributed by atoms with E-state index in [9.17, 15) is 30.8 Å². The van der Waals surface area contributed by atoms with Crippen molar-refractivity contribution in [1.82, 2.24) is 19.4 Å². The van der Waals surface area contributed by atoms with Gasteiger partial charge in [0, 0.05) is 31.4 Å². The molecular formula is C22H20F4N4O3S. The Morgan fingerprint density at radius 2 is 1.71 bits per heavy atom. The monoisotopic (exact) mass is 496 g/mol. The molecule has 0 atom stereocenters. The van der Waals surface area contributed by atoms with Crippen LogP contribution in [0.25, 0.3) is 5.69 Å². The third-order valence-corrected chi connectivity index (χ3v) is 7.32. The predicted molar refractivity (Wildman–Crippen MR) is 114 cm³/mol. The topological polar surface area (TPSA) is 84.3 Å². The fourth-order valence-corrected chi connectivity index (χ4v) is 5.19. The fourth-order valence-electron chi connectivity index (χ4n) is 3.58. The van der Waals surface area contributed by atoms with E-state index in [1.165, 1.54) is 16.6 Å². The molecule has 1 amide bonds. The minimum absolute atomic E-state index is 0.00740. The lowest BCUT2D eigenvalue weighted by molar-refractivity contribution is -0.141. The fraction of sp³-hybridized carbons (Fsp3) is 0.273. The van der Waals surface area contributed by atoms with Crippen molar-refractivity contribution in [2.24, 2.45) is 0 Å². The van der Waals surface area contributed by atoms with Crippen molar-refractivity contribution in [3.05, 3.63) is 77.4 Å². The first-order valence-electron chi connectivity index (χ1n) is 10.4. The number of benzene rings is 2. The molecule has 1 aromatic heterocycles. The molecular weight excluding hydrogens is 476 g/mol. The zero-order valence-corrected chi connectivity index (χ0v) is 18.5. The first-order chi connectivity index (χ1) is 16.1. The molecule has 0 unspecified atom stereocenters. The molecule has 0 saturated carbocycles. The summed E-state index contributed by atoms with van der Waals surface area (Å²) in [5.41, 5.74) is 0.0365. The molecule has 7 nitrogen and oxygen atoms in total. The van der Waals surface area contributed by atoms with Crippen LogP contribution < -0.4 is 5.32 Å². The number of nitrogens with zero attached hydrogens (tertiary/aromatic N) is 3. The Hall–Kier alpha value is -3.25. The number of hydrogen-bond acceptors (Lipinski definition) is 4. The van der Waals surface area contributed by atoms with Crippen LogP contribution in [0.15, 0.2) is 59.6 Å². The number of aromatic nitrogens is 2.